The van der Waals surface area contributed by atoms with Gasteiger partial charge in [0, 0.05) is 19.4 Å². The number of carbonyl (C=O) groups is 1. The molecular weight excluding hydrogens is 306 g/mol. The molecule has 2 aromatic heterocycles. The first-order chi connectivity index (χ1) is 11.6. The molecule has 0 unspecified atom stereocenters. The lowest BCUT2D eigenvalue weighted by molar-refractivity contribution is -0.122. The van der Waals surface area contributed by atoms with E-state index in [-0.39, 0.29) is 24.2 Å². The van der Waals surface area contributed by atoms with Gasteiger partial charge in [0.15, 0.2) is 0 Å². The Kier molecular flexibility index (Phi) is 4.51. The van der Waals surface area contributed by atoms with Crippen molar-refractivity contribution in [3.63, 3.8) is 0 Å². The SMILES string of the molecule is Cn1cnn(CC(=O)N[C@H](c2ccccc2)c2cccnc2)c1=O. The number of aromatic nitrogens is 4. The zero-order valence-corrected chi connectivity index (χ0v) is 13.2. The van der Waals surface area contributed by atoms with E-state index in [4.69, 9.17) is 0 Å². The van der Waals surface area contributed by atoms with Crippen molar-refractivity contribution in [1.29, 1.82) is 0 Å². The van der Waals surface area contributed by atoms with Crippen LogP contribution in [0.2, 0.25) is 0 Å². The number of aryl methyl sites for hydroxylation is 1. The molecule has 7 heteroatoms. The van der Waals surface area contributed by atoms with Gasteiger partial charge >= 0.3 is 5.69 Å². The zero-order valence-electron chi connectivity index (χ0n) is 13.2. The first kappa shape index (κ1) is 15.7. The Morgan fingerprint density at radius 1 is 1.17 bits per heavy atom. The number of amides is 1. The highest BCUT2D eigenvalue weighted by Gasteiger charge is 2.18. The molecule has 7 nitrogen and oxygen atoms in total. The maximum absolute atomic E-state index is 12.4. The Balaban J connectivity index is 1.83. The maximum Gasteiger partial charge on any atom is 0.345 e. The highest BCUT2D eigenvalue weighted by Crippen LogP contribution is 2.20. The quantitative estimate of drug-likeness (QED) is 0.756. The van der Waals surface area contributed by atoms with Crippen molar-refractivity contribution < 1.29 is 4.79 Å². The summed E-state index contributed by atoms with van der Waals surface area (Å²) < 4.78 is 2.45. The van der Waals surface area contributed by atoms with E-state index in [0.29, 0.717) is 0 Å². The molecule has 1 amide bonds. The number of hydrogen-bond donors (Lipinski definition) is 1. The van der Waals surface area contributed by atoms with Gasteiger partial charge in [-0.2, -0.15) is 5.10 Å². The Labute approximate surface area is 138 Å². The third-order valence-electron chi connectivity index (χ3n) is 3.64. The van der Waals surface area contributed by atoms with Crippen molar-refractivity contribution in [2.24, 2.45) is 7.05 Å². The van der Waals surface area contributed by atoms with Gasteiger partial charge in [0.2, 0.25) is 5.91 Å². The molecule has 0 bridgehead atoms. The molecule has 0 aliphatic carbocycles. The molecule has 0 aliphatic heterocycles. The fraction of sp³-hybridized carbons (Fsp3) is 0.176. The molecule has 0 saturated carbocycles. The van der Waals surface area contributed by atoms with E-state index in [0.717, 1.165) is 15.8 Å². The van der Waals surface area contributed by atoms with Crippen LogP contribution in [0.3, 0.4) is 0 Å². The Hall–Kier alpha value is -3.22. The minimum Gasteiger partial charge on any atom is -0.344 e. The van der Waals surface area contributed by atoms with Gasteiger partial charge in [0.05, 0.1) is 6.04 Å². The molecule has 3 rings (SSSR count). The number of benzene rings is 1. The third kappa shape index (κ3) is 3.40. The molecule has 3 aromatic rings. The summed E-state index contributed by atoms with van der Waals surface area (Å²) in [4.78, 5) is 28.3. The number of hydrogen-bond acceptors (Lipinski definition) is 4. The van der Waals surface area contributed by atoms with Gasteiger partial charge < -0.3 is 5.32 Å². The second-order valence-corrected chi connectivity index (χ2v) is 5.38. The van der Waals surface area contributed by atoms with E-state index < -0.39 is 0 Å². The van der Waals surface area contributed by atoms with Gasteiger partial charge in [-0.05, 0) is 17.2 Å². The van der Waals surface area contributed by atoms with E-state index in [2.05, 4.69) is 15.4 Å². The van der Waals surface area contributed by atoms with Gasteiger partial charge in [-0.3, -0.25) is 14.3 Å². The molecule has 2 heterocycles. The number of carbonyl (C=O) groups excluding carboxylic acids is 1. The van der Waals surface area contributed by atoms with Crippen LogP contribution < -0.4 is 11.0 Å². The molecule has 1 aromatic carbocycles. The van der Waals surface area contributed by atoms with Crippen LogP contribution in [0.1, 0.15) is 17.2 Å². The molecule has 0 fully saturated rings. The fourth-order valence-electron chi connectivity index (χ4n) is 2.42. The van der Waals surface area contributed by atoms with Gasteiger partial charge in [-0.25, -0.2) is 9.48 Å². The average molecular weight is 323 g/mol. The Bertz CT molecular complexity index is 831. The molecule has 24 heavy (non-hydrogen) atoms. The predicted octanol–water partition coefficient (Wildman–Crippen LogP) is 0.883. The van der Waals surface area contributed by atoms with E-state index in [1.54, 1.807) is 19.4 Å². The molecule has 122 valence electrons. The molecule has 1 atom stereocenters. The lowest BCUT2D eigenvalue weighted by Crippen LogP contribution is -2.35. The van der Waals surface area contributed by atoms with Gasteiger partial charge in [-0.15, -0.1) is 0 Å². The summed E-state index contributed by atoms with van der Waals surface area (Å²) in [5.41, 5.74) is 1.47. The standard InChI is InChI=1S/C17H17N5O2/c1-21-12-19-22(17(21)24)11-15(23)20-16(13-6-3-2-4-7-13)14-8-5-9-18-10-14/h2-10,12,16H,11H2,1H3,(H,20,23)/t16-/m1/s1. The third-order valence-corrected chi connectivity index (χ3v) is 3.64. The highest BCUT2D eigenvalue weighted by molar-refractivity contribution is 5.76. The highest BCUT2D eigenvalue weighted by atomic mass is 16.2. The van der Waals surface area contributed by atoms with Crippen LogP contribution in [0.4, 0.5) is 0 Å². The van der Waals surface area contributed by atoms with E-state index in [9.17, 15) is 9.59 Å². The largest absolute Gasteiger partial charge is 0.345 e. The van der Waals surface area contributed by atoms with Crippen molar-refractivity contribution in [1.82, 2.24) is 24.6 Å². The number of nitrogens with zero attached hydrogens (tertiary/aromatic N) is 4. The summed E-state index contributed by atoms with van der Waals surface area (Å²) in [5.74, 6) is -0.298. The van der Waals surface area contributed by atoms with Crippen molar-refractivity contribution in [3.05, 3.63) is 82.8 Å². The normalized spacial score (nSPS) is 11.9. The van der Waals surface area contributed by atoms with Crippen LogP contribution in [0.15, 0.2) is 66.0 Å². The second-order valence-electron chi connectivity index (χ2n) is 5.38. The van der Waals surface area contributed by atoms with Crippen molar-refractivity contribution >= 4 is 5.91 Å². The van der Waals surface area contributed by atoms with Gasteiger partial charge in [-0.1, -0.05) is 36.4 Å². The van der Waals surface area contributed by atoms with E-state index >= 15 is 0 Å². The minimum absolute atomic E-state index is 0.136. The summed E-state index contributed by atoms with van der Waals surface area (Å²) in [6.45, 7) is -0.136. The van der Waals surface area contributed by atoms with Crippen LogP contribution in [-0.4, -0.2) is 25.2 Å². The molecule has 0 spiro atoms. The lowest BCUT2D eigenvalue weighted by Gasteiger charge is -2.19. The number of pyridine rings is 1. The zero-order chi connectivity index (χ0) is 16.9. The predicted molar refractivity (Wildman–Crippen MR) is 88.1 cm³/mol. The smallest absolute Gasteiger partial charge is 0.344 e. The molecular formula is C17H17N5O2. The maximum atomic E-state index is 12.4. The van der Waals surface area contributed by atoms with E-state index in [1.165, 1.54) is 10.9 Å². The molecule has 1 N–H and O–H groups in total. The van der Waals surface area contributed by atoms with Crippen molar-refractivity contribution in [3.8, 4) is 0 Å². The van der Waals surface area contributed by atoms with Crippen LogP contribution in [0.25, 0.3) is 0 Å². The summed E-state index contributed by atoms with van der Waals surface area (Å²) in [5, 5.41) is 6.85. The molecule has 0 saturated heterocycles. The monoisotopic (exact) mass is 323 g/mol. The Morgan fingerprint density at radius 3 is 2.54 bits per heavy atom. The van der Waals surface area contributed by atoms with E-state index in [1.807, 2.05) is 42.5 Å². The second kappa shape index (κ2) is 6.91. The topological polar surface area (TPSA) is 81.8 Å². The Morgan fingerprint density at radius 2 is 1.92 bits per heavy atom. The van der Waals surface area contributed by atoms with Gasteiger partial charge in [0.1, 0.15) is 12.9 Å². The number of rotatable bonds is 5. The van der Waals surface area contributed by atoms with Crippen LogP contribution in [-0.2, 0) is 18.4 Å². The summed E-state index contributed by atoms with van der Waals surface area (Å²) in [7, 11) is 1.59. The van der Waals surface area contributed by atoms with Gasteiger partial charge in [0.25, 0.3) is 0 Å². The fourth-order valence-corrected chi connectivity index (χ4v) is 2.42. The van der Waals surface area contributed by atoms with Crippen molar-refractivity contribution in [2.75, 3.05) is 0 Å². The van der Waals surface area contributed by atoms with Crippen LogP contribution >= 0.6 is 0 Å². The minimum atomic E-state index is -0.341. The molecule has 0 aliphatic rings. The average Bonchev–Trinajstić information content (AvgIpc) is 2.93. The summed E-state index contributed by atoms with van der Waals surface area (Å²) in [6.07, 6.45) is 4.77. The lowest BCUT2D eigenvalue weighted by atomic mass is 10.0. The van der Waals surface area contributed by atoms with Crippen LogP contribution in [0, 0.1) is 0 Å². The molecule has 0 radical (unpaired) electrons. The van der Waals surface area contributed by atoms with Crippen molar-refractivity contribution in [2.45, 2.75) is 12.6 Å². The first-order valence-corrected chi connectivity index (χ1v) is 7.48. The van der Waals surface area contributed by atoms with Crippen LogP contribution in [0.5, 0.6) is 0 Å². The first-order valence-electron chi connectivity index (χ1n) is 7.48. The summed E-state index contributed by atoms with van der Waals surface area (Å²) >= 11 is 0. The number of nitrogens with one attached hydrogen (secondary N) is 1. The summed E-state index contributed by atoms with van der Waals surface area (Å²) in [6, 6.07) is 13.0.